The van der Waals surface area contributed by atoms with Crippen LogP contribution in [0, 0.1) is 0 Å². The third kappa shape index (κ3) is 3.02. The molecule has 1 saturated carbocycles. The Morgan fingerprint density at radius 1 is 1.21 bits per heavy atom. The van der Waals surface area contributed by atoms with Crippen molar-refractivity contribution in [2.45, 2.75) is 63.4 Å². The normalized spacial score (nSPS) is 25.6. The van der Waals surface area contributed by atoms with Gasteiger partial charge in [0.05, 0.1) is 18.8 Å². The molecule has 1 saturated heterocycles. The van der Waals surface area contributed by atoms with E-state index in [0.717, 1.165) is 57.3 Å². The van der Waals surface area contributed by atoms with E-state index in [1.807, 2.05) is 19.4 Å². The van der Waals surface area contributed by atoms with Crippen LogP contribution in [0.25, 0.3) is 0 Å². The van der Waals surface area contributed by atoms with E-state index in [-0.39, 0.29) is 12.6 Å². The zero-order chi connectivity index (χ0) is 19.3. The van der Waals surface area contributed by atoms with Gasteiger partial charge in [-0.05, 0) is 19.3 Å². The van der Waals surface area contributed by atoms with E-state index in [1.54, 1.807) is 9.25 Å². The highest BCUT2D eigenvalue weighted by molar-refractivity contribution is 5.07. The molecule has 1 atom stereocenters. The molecule has 3 aliphatic rings. The zero-order valence-corrected chi connectivity index (χ0v) is 16.2. The van der Waals surface area contributed by atoms with Gasteiger partial charge < -0.3 is 4.74 Å². The Kier molecular flexibility index (Phi) is 4.24. The molecule has 0 radical (unpaired) electrons. The summed E-state index contributed by atoms with van der Waals surface area (Å²) >= 11 is 0. The summed E-state index contributed by atoms with van der Waals surface area (Å²) in [7, 11) is 1.91. The van der Waals surface area contributed by atoms with Crippen molar-refractivity contribution in [2.75, 3.05) is 13.1 Å². The van der Waals surface area contributed by atoms with Gasteiger partial charge in [-0.25, -0.2) is 4.68 Å². The fraction of sp³-hybridized carbons (Fsp3) is 0.684. The van der Waals surface area contributed by atoms with Gasteiger partial charge in [0.1, 0.15) is 12.2 Å². The first kappa shape index (κ1) is 17.8. The fourth-order valence-corrected chi connectivity index (χ4v) is 4.89. The SMILES string of the molecule is Cn1cc(CN2CC[C@]3(C2)Cn2c(nn(C4CCCC4)c(=O)c2=O)CO3)cn1. The van der Waals surface area contributed by atoms with Crippen molar-refractivity contribution >= 4 is 0 Å². The number of likely N-dealkylation sites (tertiary alicyclic amines) is 1. The third-order valence-corrected chi connectivity index (χ3v) is 6.36. The Morgan fingerprint density at radius 2 is 2.04 bits per heavy atom. The van der Waals surface area contributed by atoms with Gasteiger partial charge in [0.25, 0.3) is 0 Å². The molecule has 0 amide bonds. The highest BCUT2D eigenvalue weighted by Crippen LogP contribution is 2.32. The topological polar surface area (TPSA) is 87.2 Å². The van der Waals surface area contributed by atoms with Crippen molar-refractivity contribution in [3.63, 3.8) is 0 Å². The quantitative estimate of drug-likeness (QED) is 0.711. The van der Waals surface area contributed by atoms with Crippen LogP contribution in [-0.2, 0) is 31.5 Å². The third-order valence-electron chi connectivity index (χ3n) is 6.36. The Labute approximate surface area is 162 Å². The van der Waals surface area contributed by atoms with E-state index in [2.05, 4.69) is 15.1 Å². The molecule has 28 heavy (non-hydrogen) atoms. The molecule has 9 heteroatoms. The number of hydrogen-bond donors (Lipinski definition) is 0. The summed E-state index contributed by atoms with van der Waals surface area (Å²) in [6.45, 7) is 3.12. The van der Waals surface area contributed by atoms with Crippen LogP contribution in [0.4, 0.5) is 0 Å². The number of rotatable bonds is 3. The molecule has 4 heterocycles. The van der Waals surface area contributed by atoms with Crippen LogP contribution in [0.2, 0.25) is 0 Å². The van der Waals surface area contributed by atoms with Gasteiger partial charge in [0.2, 0.25) is 0 Å². The van der Waals surface area contributed by atoms with E-state index < -0.39 is 16.7 Å². The van der Waals surface area contributed by atoms with E-state index >= 15 is 0 Å². The molecule has 1 aliphatic carbocycles. The zero-order valence-electron chi connectivity index (χ0n) is 16.2. The fourth-order valence-electron chi connectivity index (χ4n) is 4.89. The Hall–Kier alpha value is -2.26. The highest BCUT2D eigenvalue weighted by Gasteiger charge is 2.43. The molecule has 0 N–H and O–H groups in total. The lowest BCUT2D eigenvalue weighted by Gasteiger charge is -2.35. The molecule has 2 aromatic rings. The van der Waals surface area contributed by atoms with Gasteiger partial charge in [-0.2, -0.15) is 10.2 Å². The van der Waals surface area contributed by atoms with Gasteiger partial charge in [-0.1, -0.05) is 12.8 Å². The van der Waals surface area contributed by atoms with Crippen LogP contribution in [0.3, 0.4) is 0 Å². The molecule has 0 bridgehead atoms. The first-order chi connectivity index (χ1) is 13.5. The van der Waals surface area contributed by atoms with Crippen molar-refractivity contribution in [3.05, 3.63) is 44.5 Å². The van der Waals surface area contributed by atoms with Crippen LogP contribution in [0.5, 0.6) is 0 Å². The second kappa shape index (κ2) is 6.66. The van der Waals surface area contributed by atoms with Crippen LogP contribution in [0.1, 0.15) is 49.5 Å². The lowest BCUT2D eigenvalue weighted by molar-refractivity contribution is -0.0860. The van der Waals surface area contributed by atoms with Gasteiger partial charge >= 0.3 is 11.1 Å². The average molecular weight is 386 g/mol. The summed E-state index contributed by atoms with van der Waals surface area (Å²) in [5, 5.41) is 8.74. The maximum atomic E-state index is 12.8. The second-order valence-electron chi connectivity index (χ2n) is 8.45. The molecule has 2 aromatic heterocycles. The largest absolute Gasteiger partial charge is 0.364 e. The van der Waals surface area contributed by atoms with Crippen LogP contribution in [-0.4, -0.2) is 47.7 Å². The molecule has 1 spiro atoms. The van der Waals surface area contributed by atoms with Gasteiger partial charge in [0.15, 0.2) is 5.82 Å². The molecule has 150 valence electrons. The number of aromatic nitrogens is 5. The summed E-state index contributed by atoms with van der Waals surface area (Å²) < 4.78 is 11.0. The molecule has 0 aromatic carbocycles. The maximum Gasteiger partial charge on any atom is 0.332 e. The van der Waals surface area contributed by atoms with Crippen LogP contribution >= 0.6 is 0 Å². The maximum absolute atomic E-state index is 12.8. The molecule has 2 aliphatic heterocycles. The van der Waals surface area contributed by atoms with Gasteiger partial charge in [-0.15, -0.1) is 0 Å². The van der Waals surface area contributed by atoms with E-state index in [0.29, 0.717) is 12.4 Å². The van der Waals surface area contributed by atoms with Crippen molar-refractivity contribution in [2.24, 2.45) is 7.05 Å². The first-order valence-electron chi connectivity index (χ1n) is 10.1. The summed E-state index contributed by atoms with van der Waals surface area (Å²) in [6, 6.07) is 0.0587. The van der Waals surface area contributed by atoms with Gasteiger partial charge in [-0.3, -0.25) is 23.7 Å². The minimum Gasteiger partial charge on any atom is -0.364 e. The standard InChI is InChI=1S/C19H26N6O3/c1-22-9-14(8-20-22)10-23-7-6-19(12-23)13-24-16(11-28-19)21-25(18(27)17(24)26)15-4-2-3-5-15/h8-9,15H,2-7,10-13H2,1H3/t19-/m0/s1. The Balaban J connectivity index is 1.37. The number of aryl methyl sites for hydroxylation is 1. The predicted octanol–water partition coefficient (Wildman–Crippen LogP) is 0.429. The van der Waals surface area contributed by atoms with E-state index in [1.165, 1.54) is 4.68 Å². The summed E-state index contributed by atoms with van der Waals surface area (Å²) in [5.41, 5.74) is -0.204. The van der Waals surface area contributed by atoms with Crippen molar-refractivity contribution in [3.8, 4) is 0 Å². The lowest BCUT2D eigenvalue weighted by Crippen LogP contribution is -2.53. The molecular weight excluding hydrogens is 360 g/mol. The smallest absolute Gasteiger partial charge is 0.332 e. The van der Waals surface area contributed by atoms with E-state index in [4.69, 9.17) is 4.74 Å². The summed E-state index contributed by atoms with van der Waals surface area (Å²) in [6.07, 6.45) is 8.75. The molecular formula is C19H26N6O3. The summed E-state index contributed by atoms with van der Waals surface area (Å²) in [5.74, 6) is 0.577. The van der Waals surface area contributed by atoms with Crippen molar-refractivity contribution in [1.82, 2.24) is 29.0 Å². The molecule has 9 nitrogen and oxygen atoms in total. The van der Waals surface area contributed by atoms with Gasteiger partial charge in [0, 0.05) is 38.4 Å². The number of fused-ring (bicyclic) bond motifs is 1. The monoisotopic (exact) mass is 386 g/mol. The number of nitrogens with zero attached hydrogens (tertiary/aromatic N) is 6. The predicted molar refractivity (Wildman–Crippen MR) is 101 cm³/mol. The van der Waals surface area contributed by atoms with Crippen molar-refractivity contribution in [1.29, 1.82) is 0 Å². The molecule has 2 fully saturated rings. The highest BCUT2D eigenvalue weighted by atomic mass is 16.5. The minimum atomic E-state index is -0.488. The summed E-state index contributed by atoms with van der Waals surface area (Å²) in [4.78, 5) is 27.8. The molecule has 0 unspecified atom stereocenters. The Morgan fingerprint density at radius 3 is 2.79 bits per heavy atom. The Bertz CT molecular complexity index is 1000. The van der Waals surface area contributed by atoms with E-state index in [9.17, 15) is 9.59 Å². The minimum absolute atomic E-state index is 0.0587. The first-order valence-corrected chi connectivity index (χ1v) is 10.1. The number of ether oxygens (including phenoxy) is 1. The van der Waals surface area contributed by atoms with Crippen molar-refractivity contribution < 1.29 is 4.74 Å². The average Bonchev–Trinajstić information content (AvgIpc) is 3.42. The van der Waals surface area contributed by atoms with Crippen LogP contribution < -0.4 is 11.1 Å². The second-order valence-corrected chi connectivity index (χ2v) is 8.45. The lowest BCUT2D eigenvalue weighted by atomic mass is 10.0. The van der Waals surface area contributed by atoms with Crippen LogP contribution in [0.15, 0.2) is 22.0 Å². The molecule has 5 rings (SSSR count). The number of hydrogen-bond acceptors (Lipinski definition) is 6.